The van der Waals surface area contributed by atoms with Crippen LogP contribution in [0.5, 0.6) is 0 Å². The Bertz CT molecular complexity index is 1560. The van der Waals surface area contributed by atoms with Gasteiger partial charge in [0.25, 0.3) is 5.91 Å². The number of benzene rings is 2. The molecule has 1 fully saturated rings. The van der Waals surface area contributed by atoms with Crippen LogP contribution >= 0.6 is 15.9 Å². The molecule has 36 heavy (non-hydrogen) atoms. The molecule has 2 aromatic carbocycles. The molecule has 7 nitrogen and oxygen atoms in total. The monoisotopic (exact) mass is 571 g/mol. The SMILES string of the molecule is CS(=O)(=O)N(Cc1ccc(Br)cn1)c1cc2oc(Cc3ccc(F)cc3)c(C(N)=O)c2cc1C1CC1. The lowest BCUT2D eigenvalue weighted by Gasteiger charge is -2.25. The van der Waals surface area contributed by atoms with E-state index in [4.69, 9.17) is 10.2 Å². The number of fused-ring (bicyclic) bond motifs is 1. The lowest BCUT2D eigenvalue weighted by molar-refractivity contribution is 0.1000. The molecular weight excluding hydrogens is 549 g/mol. The van der Waals surface area contributed by atoms with Crippen LogP contribution in [-0.2, 0) is 23.0 Å². The molecule has 1 amide bonds. The first-order valence-electron chi connectivity index (χ1n) is 11.3. The molecule has 0 saturated heterocycles. The van der Waals surface area contributed by atoms with Gasteiger partial charge in [-0.3, -0.25) is 14.1 Å². The molecule has 2 heterocycles. The van der Waals surface area contributed by atoms with E-state index in [1.54, 1.807) is 36.5 Å². The highest BCUT2D eigenvalue weighted by Crippen LogP contribution is 2.47. The Kier molecular flexibility index (Phi) is 6.34. The fraction of sp³-hybridized carbons (Fsp3) is 0.231. The number of pyridine rings is 1. The van der Waals surface area contributed by atoms with Crippen LogP contribution in [0.2, 0.25) is 0 Å². The van der Waals surface area contributed by atoms with Crippen LogP contribution in [0.15, 0.2) is 63.6 Å². The van der Waals surface area contributed by atoms with Gasteiger partial charge in [-0.15, -0.1) is 0 Å². The molecular formula is C26H23BrFN3O4S. The van der Waals surface area contributed by atoms with E-state index in [0.29, 0.717) is 28.1 Å². The molecule has 186 valence electrons. The van der Waals surface area contributed by atoms with Gasteiger partial charge in [0.05, 0.1) is 29.7 Å². The summed E-state index contributed by atoms with van der Waals surface area (Å²) in [6, 6.07) is 13.0. The Morgan fingerprint density at radius 1 is 1.19 bits per heavy atom. The van der Waals surface area contributed by atoms with Crippen molar-refractivity contribution in [2.24, 2.45) is 5.73 Å². The minimum absolute atomic E-state index is 0.0448. The number of anilines is 1. The van der Waals surface area contributed by atoms with E-state index < -0.39 is 15.9 Å². The molecule has 0 atom stereocenters. The summed E-state index contributed by atoms with van der Waals surface area (Å²) in [4.78, 5) is 16.8. The van der Waals surface area contributed by atoms with Crippen molar-refractivity contribution in [3.63, 3.8) is 0 Å². The molecule has 0 unspecified atom stereocenters. The smallest absolute Gasteiger partial charge is 0.252 e. The first kappa shape index (κ1) is 24.5. The molecule has 5 rings (SSSR count). The Morgan fingerprint density at radius 2 is 1.92 bits per heavy atom. The summed E-state index contributed by atoms with van der Waals surface area (Å²) in [5, 5.41) is 0.542. The molecule has 2 N–H and O–H groups in total. The zero-order valence-electron chi connectivity index (χ0n) is 19.4. The third kappa shape index (κ3) is 5.01. The summed E-state index contributed by atoms with van der Waals surface area (Å²) in [6.45, 7) is 0.0448. The van der Waals surface area contributed by atoms with E-state index in [2.05, 4.69) is 20.9 Å². The molecule has 0 radical (unpaired) electrons. The molecule has 10 heteroatoms. The first-order chi connectivity index (χ1) is 17.1. The van der Waals surface area contributed by atoms with Crippen molar-refractivity contribution in [2.75, 3.05) is 10.6 Å². The van der Waals surface area contributed by atoms with Crippen molar-refractivity contribution in [1.29, 1.82) is 0 Å². The van der Waals surface area contributed by atoms with E-state index in [0.717, 1.165) is 34.7 Å². The molecule has 2 aromatic heterocycles. The number of primary amides is 1. The largest absolute Gasteiger partial charge is 0.460 e. The number of furan rings is 1. The van der Waals surface area contributed by atoms with Gasteiger partial charge in [-0.05, 0) is 76.1 Å². The molecule has 1 saturated carbocycles. The molecule has 1 aliphatic rings. The van der Waals surface area contributed by atoms with Crippen LogP contribution in [0.3, 0.4) is 0 Å². The van der Waals surface area contributed by atoms with Gasteiger partial charge in [-0.25, -0.2) is 12.8 Å². The molecule has 0 bridgehead atoms. The zero-order chi connectivity index (χ0) is 25.6. The number of nitrogens with two attached hydrogens (primary N) is 1. The Balaban J connectivity index is 1.65. The second kappa shape index (κ2) is 9.33. The highest BCUT2D eigenvalue weighted by atomic mass is 79.9. The number of rotatable bonds is 8. The van der Waals surface area contributed by atoms with E-state index in [9.17, 15) is 17.6 Å². The van der Waals surface area contributed by atoms with Crippen molar-refractivity contribution in [3.05, 3.63) is 93.2 Å². The Labute approximate surface area is 216 Å². The number of carbonyl (C=O) groups excluding carboxylic acids is 1. The van der Waals surface area contributed by atoms with Gasteiger partial charge in [-0.1, -0.05) is 12.1 Å². The van der Waals surface area contributed by atoms with Gasteiger partial charge in [-0.2, -0.15) is 0 Å². The summed E-state index contributed by atoms with van der Waals surface area (Å²) in [5.74, 6) is -0.482. The van der Waals surface area contributed by atoms with Crippen LogP contribution in [-0.4, -0.2) is 25.6 Å². The first-order valence-corrected chi connectivity index (χ1v) is 14.0. The minimum Gasteiger partial charge on any atom is -0.460 e. The van der Waals surface area contributed by atoms with Crippen molar-refractivity contribution >= 4 is 48.5 Å². The lowest BCUT2D eigenvalue weighted by atomic mass is 10.0. The standard InChI is InChI=1S/C26H23BrFN3O4S/c1-36(33,34)31(14-19-9-6-17(27)13-30-19)22-12-23-21(11-20(22)16-4-5-16)25(26(29)32)24(35-23)10-15-2-7-18(28)8-3-15/h2-3,6-9,11-13,16H,4-5,10,14H2,1H3,(H2,29,32). The lowest BCUT2D eigenvalue weighted by Crippen LogP contribution is -2.30. The Hall–Kier alpha value is -3.24. The Morgan fingerprint density at radius 3 is 2.50 bits per heavy atom. The average molecular weight is 572 g/mol. The van der Waals surface area contributed by atoms with Gasteiger partial charge in [0.2, 0.25) is 10.0 Å². The number of hydrogen-bond donors (Lipinski definition) is 1. The number of amides is 1. The highest BCUT2D eigenvalue weighted by Gasteiger charge is 2.33. The average Bonchev–Trinajstić information content (AvgIpc) is 3.60. The maximum absolute atomic E-state index is 13.4. The minimum atomic E-state index is -3.68. The number of halogens is 2. The zero-order valence-corrected chi connectivity index (χ0v) is 21.8. The predicted molar refractivity (Wildman–Crippen MR) is 139 cm³/mol. The third-order valence-electron chi connectivity index (χ3n) is 6.21. The summed E-state index contributed by atoms with van der Waals surface area (Å²) in [7, 11) is -3.68. The van der Waals surface area contributed by atoms with Crippen molar-refractivity contribution in [3.8, 4) is 0 Å². The summed E-state index contributed by atoms with van der Waals surface area (Å²) >= 11 is 3.35. The topological polar surface area (TPSA) is 106 Å². The summed E-state index contributed by atoms with van der Waals surface area (Å²) in [6.07, 6.45) is 4.84. The van der Waals surface area contributed by atoms with Crippen LogP contribution in [0.1, 0.15) is 51.7 Å². The second-order valence-corrected chi connectivity index (χ2v) is 11.8. The molecule has 4 aromatic rings. The fourth-order valence-electron chi connectivity index (χ4n) is 4.35. The maximum Gasteiger partial charge on any atom is 0.252 e. The van der Waals surface area contributed by atoms with Gasteiger partial charge >= 0.3 is 0 Å². The quantitative estimate of drug-likeness (QED) is 0.310. The van der Waals surface area contributed by atoms with Gasteiger partial charge in [0, 0.05) is 28.5 Å². The van der Waals surface area contributed by atoms with Crippen molar-refractivity contribution < 1.29 is 22.0 Å². The van der Waals surface area contributed by atoms with E-state index in [1.165, 1.54) is 16.4 Å². The number of hydrogen-bond acceptors (Lipinski definition) is 5. The predicted octanol–water partition coefficient (Wildman–Crippen LogP) is 5.26. The van der Waals surface area contributed by atoms with Crippen LogP contribution < -0.4 is 10.0 Å². The van der Waals surface area contributed by atoms with E-state index >= 15 is 0 Å². The number of sulfonamides is 1. The van der Waals surface area contributed by atoms with E-state index in [-0.39, 0.29) is 30.3 Å². The van der Waals surface area contributed by atoms with Crippen molar-refractivity contribution in [2.45, 2.75) is 31.7 Å². The van der Waals surface area contributed by atoms with Crippen LogP contribution in [0.25, 0.3) is 11.0 Å². The third-order valence-corrected chi connectivity index (χ3v) is 7.81. The number of carbonyl (C=O) groups is 1. The van der Waals surface area contributed by atoms with Gasteiger partial charge in [0.15, 0.2) is 0 Å². The molecule has 1 aliphatic carbocycles. The van der Waals surface area contributed by atoms with Gasteiger partial charge < -0.3 is 10.2 Å². The molecule has 0 aliphatic heterocycles. The second-order valence-electron chi connectivity index (χ2n) is 8.99. The van der Waals surface area contributed by atoms with Crippen LogP contribution in [0, 0.1) is 5.82 Å². The fourth-order valence-corrected chi connectivity index (χ4v) is 5.46. The molecule has 0 spiro atoms. The number of aromatic nitrogens is 1. The highest BCUT2D eigenvalue weighted by molar-refractivity contribution is 9.10. The van der Waals surface area contributed by atoms with Crippen LogP contribution in [0.4, 0.5) is 10.1 Å². The maximum atomic E-state index is 13.4. The van der Waals surface area contributed by atoms with E-state index in [1.807, 2.05) is 6.07 Å². The summed E-state index contributed by atoms with van der Waals surface area (Å²) < 4.78 is 47.4. The van der Waals surface area contributed by atoms with Gasteiger partial charge in [0.1, 0.15) is 17.2 Å². The van der Waals surface area contributed by atoms with Crippen molar-refractivity contribution in [1.82, 2.24) is 4.98 Å². The normalized spacial score (nSPS) is 13.8. The summed E-state index contributed by atoms with van der Waals surface area (Å²) in [5.41, 5.74) is 9.01. The number of nitrogens with zero attached hydrogens (tertiary/aromatic N) is 2.